The number of benzene rings is 1. The molecule has 0 bridgehead atoms. The number of aromatic nitrogens is 3. The molecule has 1 aromatic carbocycles. The summed E-state index contributed by atoms with van der Waals surface area (Å²) in [6, 6.07) is 6.14. The molecule has 0 atom stereocenters. The maximum Gasteiger partial charge on any atom is 0.573 e. The normalized spacial score (nSPS) is 16.7. The minimum atomic E-state index is -4.78. The van der Waals surface area contributed by atoms with Crippen LogP contribution in [0.1, 0.15) is 37.3 Å². The zero-order valence-electron chi connectivity index (χ0n) is 16.2. The van der Waals surface area contributed by atoms with Crippen molar-refractivity contribution in [3.8, 4) is 5.75 Å². The average Bonchev–Trinajstić information content (AvgIpc) is 3.22. The van der Waals surface area contributed by atoms with E-state index in [1.165, 1.54) is 30.0 Å². The Bertz CT molecular complexity index is 895. The number of nitrogens with one attached hydrogen (secondary N) is 1. The summed E-state index contributed by atoms with van der Waals surface area (Å²) < 4.78 is 43.7. The predicted octanol–water partition coefficient (Wildman–Crippen LogP) is 3.52. The molecule has 2 fully saturated rings. The quantitative estimate of drug-likeness (QED) is 0.632. The average molecular weight is 441 g/mol. The van der Waals surface area contributed by atoms with Gasteiger partial charge in [-0.15, -0.1) is 23.4 Å². The van der Waals surface area contributed by atoms with E-state index in [0.29, 0.717) is 11.2 Å². The van der Waals surface area contributed by atoms with Gasteiger partial charge in [-0.25, -0.2) is 0 Å². The number of anilines is 1. The van der Waals surface area contributed by atoms with Crippen LogP contribution in [0, 0.1) is 0 Å². The van der Waals surface area contributed by atoms with Crippen molar-refractivity contribution in [2.24, 2.45) is 0 Å². The van der Waals surface area contributed by atoms with Crippen LogP contribution in [0.4, 0.5) is 19.1 Å². The molecule has 0 unspecified atom stereocenters. The third-order valence-corrected chi connectivity index (χ3v) is 5.90. The van der Waals surface area contributed by atoms with Gasteiger partial charge in [0, 0.05) is 31.2 Å². The molecule has 11 heteroatoms. The molecule has 0 spiro atoms. The topological polar surface area (TPSA) is 72.3 Å². The molecule has 7 nitrogen and oxygen atoms in total. The summed E-state index contributed by atoms with van der Waals surface area (Å²) in [5, 5.41) is 12.0. The van der Waals surface area contributed by atoms with E-state index in [-0.39, 0.29) is 29.5 Å². The van der Waals surface area contributed by atoms with Crippen LogP contribution in [0.25, 0.3) is 0 Å². The van der Waals surface area contributed by atoms with Crippen molar-refractivity contribution in [2.45, 2.75) is 49.8 Å². The van der Waals surface area contributed by atoms with E-state index >= 15 is 0 Å². The van der Waals surface area contributed by atoms with Gasteiger partial charge in [0.05, 0.1) is 5.75 Å². The van der Waals surface area contributed by atoms with E-state index in [0.717, 1.165) is 44.7 Å². The van der Waals surface area contributed by atoms with Crippen LogP contribution in [0.15, 0.2) is 29.4 Å². The fourth-order valence-corrected chi connectivity index (χ4v) is 4.23. The largest absolute Gasteiger partial charge is 0.573 e. The van der Waals surface area contributed by atoms with E-state index < -0.39 is 6.36 Å². The van der Waals surface area contributed by atoms with Gasteiger partial charge in [0.15, 0.2) is 5.16 Å². The second-order valence-corrected chi connectivity index (χ2v) is 8.24. The lowest BCUT2D eigenvalue weighted by molar-refractivity contribution is -0.274. The number of alkyl halides is 3. The van der Waals surface area contributed by atoms with E-state index in [4.69, 9.17) is 0 Å². The summed E-state index contributed by atoms with van der Waals surface area (Å²) in [4.78, 5) is 14.5. The molecule has 1 saturated heterocycles. The van der Waals surface area contributed by atoms with Crippen molar-refractivity contribution in [1.29, 1.82) is 0 Å². The number of halogens is 3. The Morgan fingerprint density at radius 2 is 1.93 bits per heavy atom. The molecule has 1 N–H and O–H groups in total. The van der Waals surface area contributed by atoms with Crippen LogP contribution in [0.5, 0.6) is 5.75 Å². The second kappa shape index (κ2) is 8.75. The third kappa shape index (κ3) is 5.18. The molecule has 2 aliphatic rings. The molecule has 1 aliphatic carbocycles. The molecule has 2 aromatic rings. The monoisotopic (exact) mass is 441 g/mol. The van der Waals surface area contributed by atoms with Crippen molar-refractivity contribution in [2.75, 3.05) is 23.7 Å². The number of carbonyl (C=O) groups is 1. The lowest BCUT2D eigenvalue weighted by Crippen LogP contribution is -2.26. The number of hydrogen-bond donors (Lipinski definition) is 1. The molecule has 1 aliphatic heterocycles. The fourth-order valence-electron chi connectivity index (χ4n) is 3.40. The lowest BCUT2D eigenvalue weighted by atomic mass is 10.2. The van der Waals surface area contributed by atoms with Gasteiger partial charge in [0.1, 0.15) is 5.75 Å². The highest BCUT2D eigenvalue weighted by Gasteiger charge is 2.33. The standard InChI is InChI=1S/C19H22F3N5O2S/c20-19(21,22)29-15-6-2-1-5-13(15)11-23-16(28)12-30-18-25-24-17(26-9-3-4-10-26)27(18)14-7-8-14/h1-2,5-6,14H,3-4,7-12H2,(H,23,28). The van der Waals surface area contributed by atoms with Crippen molar-refractivity contribution >= 4 is 23.6 Å². The summed E-state index contributed by atoms with van der Waals surface area (Å²) in [5.41, 5.74) is 0.255. The Morgan fingerprint density at radius 3 is 2.63 bits per heavy atom. The minimum Gasteiger partial charge on any atom is -0.405 e. The Labute approximate surface area is 176 Å². The molecule has 162 valence electrons. The van der Waals surface area contributed by atoms with Crippen LogP contribution in [0.3, 0.4) is 0 Å². The zero-order chi connectivity index (χ0) is 21.1. The highest BCUT2D eigenvalue weighted by molar-refractivity contribution is 7.99. The van der Waals surface area contributed by atoms with Crippen molar-refractivity contribution in [3.05, 3.63) is 29.8 Å². The first-order chi connectivity index (χ1) is 14.4. The van der Waals surface area contributed by atoms with Gasteiger partial charge in [-0.05, 0) is 31.7 Å². The highest BCUT2D eigenvalue weighted by Crippen LogP contribution is 2.41. The number of hydrogen-bond acceptors (Lipinski definition) is 6. The van der Waals surface area contributed by atoms with E-state index in [1.54, 1.807) is 6.07 Å². The molecular formula is C19H22F3N5O2S. The van der Waals surface area contributed by atoms with Gasteiger partial charge in [-0.1, -0.05) is 30.0 Å². The second-order valence-electron chi connectivity index (χ2n) is 7.30. The number of para-hydroxylation sites is 1. The Balaban J connectivity index is 1.34. The number of rotatable bonds is 8. The lowest BCUT2D eigenvalue weighted by Gasteiger charge is -2.18. The number of thioether (sulfide) groups is 1. The van der Waals surface area contributed by atoms with Crippen LogP contribution in [0.2, 0.25) is 0 Å². The van der Waals surface area contributed by atoms with Gasteiger partial charge in [-0.3, -0.25) is 9.36 Å². The van der Waals surface area contributed by atoms with E-state index in [9.17, 15) is 18.0 Å². The smallest absolute Gasteiger partial charge is 0.405 e. The van der Waals surface area contributed by atoms with Crippen molar-refractivity contribution in [3.63, 3.8) is 0 Å². The molecule has 0 radical (unpaired) electrons. The summed E-state index contributed by atoms with van der Waals surface area (Å²) in [7, 11) is 0. The van der Waals surface area contributed by atoms with Crippen LogP contribution in [-0.2, 0) is 11.3 Å². The Morgan fingerprint density at radius 1 is 1.20 bits per heavy atom. The van der Waals surface area contributed by atoms with Crippen molar-refractivity contribution in [1.82, 2.24) is 20.1 Å². The maximum atomic E-state index is 12.5. The Kier molecular flexibility index (Phi) is 6.07. The number of amides is 1. The van der Waals surface area contributed by atoms with Crippen molar-refractivity contribution < 1.29 is 22.7 Å². The fraction of sp³-hybridized carbons (Fsp3) is 0.526. The third-order valence-electron chi connectivity index (χ3n) is 4.95. The molecule has 2 heterocycles. The zero-order valence-corrected chi connectivity index (χ0v) is 17.0. The SMILES string of the molecule is O=C(CSc1nnc(N2CCCC2)n1C1CC1)NCc1ccccc1OC(F)(F)F. The van der Waals surface area contributed by atoms with Crippen LogP contribution < -0.4 is 15.0 Å². The van der Waals surface area contributed by atoms with Crippen LogP contribution >= 0.6 is 11.8 Å². The molecule has 4 rings (SSSR count). The number of nitrogens with zero attached hydrogens (tertiary/aromatic N) is 4. The summed E-state index contributed by atoms with van der Waals surface area (Å²) in [6.45, 7) is 1.88. The summed E-state index contributed by atoms with van der Waals surface area (Å²) >= 11 is 1.29. The van der Waals surface area contributed by atoms with E-state index in [2.05, 4.69) is 29.7 Å². The van der Waals surface area contributed by atoms with Gasteiger partial charge in [-0.2, -0.15) is 0 Å². The van der Waals surface area contributed by atoms with Gasteiger partial charge < -0.3 is 15.0 Å². The molecular weight excluding hydrogens is 419 g/mol. The number of ether oxygens (including phenoxy) is 1. The number of carbonyl (C=O) groups excluding carboxylic acids is 1. The first-order valence-electron chi connectivity index (χ1n) is 9.84. The maximum absolute atomic E-state index is 12.5. The van der Waals surface area contributed by atoms with Crippen LogP contribution in [-0.4, -0.2) is 45.9 Å². The molecule has 30 heavy (non-hydrogen) atoms. The van der Waals surface area contributed by atoms with Gasteiger partial charge in [0.2, 0.25) is 11.9 Å². The minimum absolute atomic E-state index is 0.0556. The Hall–Kier alpha value is -2.43. The van der Waals surface area contributed by atoms with Gasteiger partial charge in [0.25, 0.3) is 0 Å². The predicted molar refractivity (Wildman–Crippen MR) is 105 cm³/mol. The first kappa shape index (κ1) is 20.8. The summed E-state index contributed by atoms with van der Waals surface area (Å²) in [5.74, 6) is 0.361. The van der Waals surface area contributed by atoms with Gasteiger partial charge >= 0.3 is 6.36 Å². The highest BCUT2D eigenvalue weighted by atomic mass is 32.2. The first-order valence-corrected chi connectivity index (χ1v) is 10.8. The summed E-state index contributed by atoms with van der Waals surface area (Å²) in [6.07, 6.45) is -0.344. The molecule has 1 amide bonds. The van der Waals surface area contributed by atoms with E-state index in [1.807, 2.05) is 0 Å². The molecule has 1 aromatic heterocycles. The molecule has 1 saturated carbocycles.